The number of benzene rings is 2. The summed E-state index contributed by atoms with van der Waals surface area (Å²) in [6.45, 7) is 1.00. The van der Waals surface area contributed by atoms with E-state index in [9.17, 15) is 14.9 Å². The number of fused-ring (bicyclic) bond motifs is 6. The average Bonchev–Trinajstić information content (AvgIpc) is 3.47. The van der Waals surface area contributed by atoms with Crippen molar-refractivity contribution >= 4 is 58.1 Å². The number of halogens is 1. The monoisotopic (exact) mass is 593 g/mol. The fraction of sp³-hybridized carbons (Fsp3) is 0.226. The van der Waals surface area contributed by atoms with E-state index < -0.39 is 0 Å². The topological polar surface area (TPSA) is 148 Å². The number of nitriles is 1. The molecule has 43 heavy (non-hydrogen) atoms. The number of aryl methyl sites for hydroxylation is 2. The summed E-state index contributed by atoms with van der Waals surface area (Å²) >= 11 is 6.37. The molecule has 0 unspecified atom stereocenters. The lowest BCUT2D eigenvalue weighted by molar-refractivity contribution is -0.117. The molecule has 4 aromatic rings. The van der Waals surface area contributed by atoms with Crippen molar-refractivity contribution in [2.24, 2.45) is 5.92 Å². The summed E-state index contributed by atoms with van der Waals surface area (Å²) in [5.41, 5.74) is 5.12. The van der Waals surface area contributed by atoms with E-state index in [-0.39, 0.29) is 24.3 Å². The number of hydrogen-bond donors (Lipinski definition) is 4. The van der Waals surface area contributed by atoms with Gasteiger partial charge >= 0.3 is 6.03 Å². The molecule has 0 radical (unpaired) electrons. The average molecular weight is 594 g/mol. The smallest absolute Gasteiger partial charge is 0.321 e. The number of para-hydroxylation sites is 1. The number of nitrogens with zero attached hydrogens (tertiary/aromatic N) is 5. The summed E-state index contributed by atoms with van der Waals surface area (Å²) in [5.74, 6) is 0.761. The van der Waals surface area contributed by atoms with E-state index in [2.05, 4.69) is 42.3 Å². The first-order chi connectivity index (χ1) is 20.9. The first kappa shape index (κ1) is 27.9. The molecule has 12 heteroatoms. The van der Waals surface area contributed by atoms with Crippen LogP contribution in [0.4, 0.5) is 39.3 Å². The quantitative estimate of drug-likeness (QED) is 0.230. The summed E-state index contributed by atoms with van der Waals surface area (Å²) in [7, 11) is 0. The summed E-state index contributed by atoms with van der Waals surface area (Å²) in [6, 6.07) is 16.4. The van der Waals surface area contributed by atoms with Crippen LogP contribution in [0, 0.1) is 17.2 Å². The highest BCUT2D eigenvalue weighted by Gasteiger charge is 2.28. The number of hydrogen-bond acceptors (Lipinski definition) is 8. The fourth-order valence-electron chi connectivity index (χ4n) is 5.28. The number of rotatable bonds is 4. The standard InChI is InChI=1S/C31H28ClN9O2/c32-25-17-35-30-37-24-11-19(15-34-16-24)5-6-21-13-23(36-29(25)40-30)7-8-27(21)38-28(42)12-20-9-10-41(18-20)31(43)39-26-4-2-1-3-22(26)14-33/h1-4,7-8,11,13,15-17,20H,5-6,9-10,12,18H2,(H,38,42)(H,39,43)(H2,35,36,37,40)/t20-/m1/s1. The SMILES string of the molecule is N#Cc1ccccc1NC(=O)N1CC[C@H](CC(=O)Nc2ccc3cc2CCc2cncc(c2)Nc2ncc(Cl)c(n2)N3)C1. The Balaban J connectivity index is 1.14. The summed E-state index contributed by atoms with van der Waals surface area (Å²) in [6.07, 6.45) is 7.43. The van der Waals surface area contributed by atoms with Gasteiger partial charge < -0.3 is 26.2 Å². The van der Waals surface area contributed by atoms with Gasteiger partial charge in [-0.1, -0.05) is 23.7 Å². The molecule has 2 aromatic heterocycles. The van der Waals surface area contributed by atoms with Crippen LogP contribution in [-0.4, -0.2) is 44.9 Å². The minimum atomic E-state index is -0.274. The van der Waals surface area contributed by atoms with Crippen molar-refractivity contribution in [1.29, 1.82) is 5.26 Å². The summed E-state index contributed by atoms with van der Waals surface area (Å²) < 4.78 is 0. The number of pyridine rings is 1. The predicted molar refractivity (Wildman–Crippen MR) is 165 cm³/mol. The van der Waals surface area contributed by atoms with Gasteiger partial charge in [0, 0.05) is 37.1 Å². The van der Waals surface area contributed by atoms with Crippen LogP contribution in [0.1, 0.15) is 29.5 Å². The number of likely N-dealkylation sites (tertiary alicyclic amines) is 1. The zero-order valence-corrected chi connectivity index (χ0v) is 23.9. The lowest BCUT2D eigenvalue weighted by atomic mass is 10.0. The summed E-state index contributed by atoms with van der Waals surface area (Å²) in [5, 5.41) is 22.0. The molecular weight excluding hydrogens is 566 g/mol. The van der Waals surface area contributed by atoms with Gasteiger partial charge in [0.25, 0.3) is 0 Å². The minimum Gasteiger partial charge on any atom is -0.339 e. The fourth-order valence-corrected chi connectivity index (χ4v) is 5.42. The molecule has 6 rings (SSSR count). The minimum absolute atomic E-state index is 0.0263. The molecule has 3 amide bonds. The Labute approximate surface area is 253 Å². The molecular formula is C31H28ClN9O2. The molecule has 0 saturated carbocycles. The number of urea groups is 1. The second-order valence-electron chi connectivity index (χ2n) is 10.5. The van der Waals surface area contributed by atoms with Crippen molar-refractivity contribution < 1.29 is 9.59 Å². The van der Waals surface area contributed by atoms with Crippen molar-refractivity contribution in [3.63, 3.8) is 0 Å². The van der Waals surface area contributed by atoms with Gasteiger partial charge in [-0.2, -0.15) is 10.2 Å². The highest BCUT2D eigenvalue weighted by Crippen LogP contribution is 2.30. The number of carbonyl (C=O) groups excluding carboxylic acids is 2. The van der Waals surface area contributed by atoms with Gasteiger partial charge in [-0.25, -0.2) is 9.78 Å². The number of nitrogens with one attached hydrogen (secondary N) is 4. The normalized spacial score (nSPS) is 15.4. The van der Waals surface area contributed by atoms with Crippen LogP contribution < -0.4 is 21.3 Å². The molecule has 216 valence electrons. The van der Waals surface area contributed by atoms with E-state index >= 15 is 0 Å². The lowest BCUT2D eigenvalue weighted by Crippen LogP contribution is -2.33. The Morgan fingerprint density at radius 3 is 2.79 bits per heavy atom. The van der Waals surface area contributed by atoms with Crippen LogP contribution in [0.2, 0.25) is 5.02 Å². The van der Waals surface area contributed by atoms with E-state index in [0.29, 0.717) is 54.0 Å². The van der Waals surface area contributed by atoms with Crippen LogP contribution in [-0.2, 0) is 17.6 Å². The van der Waals surface area contributed by atoms with Gasteiger partial charge in [-0.15, -0.1) is 0 Å². The highest BCUT2D eigenvalue weighted by molar-refractivity contribution is 6.32. The molecule has 4 N–H and O–H groups in total. The third-order valence-electron chi connectivity index (χ3n) is 7.46. The Morgan fingerprint density at radius 1 is 1.02 bits per heavy atom. The second-order valence-corrected chi connectivity index (χ2v) is 10.9. The van der Waals surface area contributed by atoms with E-state index in [1.807, 2.05) is 30.5 Å². The van der Waals surface area contributed by atoms with Crippen molar-refractivity contribution in [1.82, 2.24) is 19.9 Å². The van der Waals surface area contributed by atoms with E-state index in [1.54, 1.807) is 35.4 Å². The van der Waals surface area contributed by atoms with Gasteiger partial charge in [0.05, 0.1) is 29.3 Å². The summed E-state index contributed by atoms with van der Waals surface area (Å²) in [4.78, 5) is 40.8. The van der Waals surface area contributed by atoms with Crippen LogP contribution in [0.15, 0.2) is 67.1 Å². The first-order valence-electron chi connectivity index (χ1n) is 13.9. The Hall–Kier alpha value is -5.21. The van der Waals surface area contributed by atoms with Gasteiger partial charge in [-0.3, -0.25) is 9.78 Å². The third kappa shape index (κ3) is 6.66. The molecule has 11 nitrogen and oxygen atoms in total. The molecule has 2 aliphatic heterocycles. The molecule has 6 bridgehead atoms. The lowest BCUT2D eigenvalue weighted by Gasteiger charge is -2.18. The van der Waals surface area contributed by atoms with Crippen molar-refractivity contribution in [2.45, 2.75) is 25.7 Å². The molecule has 0 spiro atoms. The molecule has 1 fully saturated rings. The zero-order valence-electron chi connectivity index (χ0n) is 23.1. The third-order valence-corrected chi connectivity index (χ3v) is 7.73. The van der Waals surface area contributed by atoms with E-state index in [0.717, 1.165) is 34.6 Å². The van der Waals surface area contributed by atoms with Crippen molar-refractivity contribution in [3.8, 4) is 6.07 Å². The number of carbonyl (C=O) groups is 2. The maximum absolute atomic E-state index is 13.2. The van der Waals surface area contributed by atoms with E-state index in [4.69, 9.17) is 11.6 Å². The van der Waals surface area contributed by atoms with Crippen LogP contribution >= 0.6 is 11.6 Å². The maximum atomic E-state index is 13.2. The number of aromatic nitrogens is 3. The Kier molecular flexibility index (Phi) is 8.02. The van der Waals surface area contributed by atoms with Gasteiger partial charge in [0.1, 0.15) is 11.1 Å². The number of amides is 3. The second kappa shape index (κ2) is 12.3. The maximum Gasteiger partial charge on any atom is 0.321 e. The van der Waals surface area contributed by atoms with Gasteiger partial charge in [0.15, 0.2) is 5.82 Å². The highest BCUT2D eigenvalue weighted by atomic mass is 35.5. The van der Waals surface area contributed by atoms with Crippen LogP contribution in [0.3, 0.4) is 0 Å². The van der Waals surface area contributed by atoms with Crippen LogP contribution in [0.5, 0.6) is 0 Å². The molecule has 2 aromatic carbocycles. The van der Waals surface area contributed by atoms with Gasteiger partial charge in [0.2, 0.25) is 11.9 Å². The first-order valence-corrected chi connectivity index (χ1v) is 14.3. The number of anilines is 6. The van der Waals surface area contributed by atoms with Crippen molar-refractivity contribution in [2.75, 3.05) is 34.4 Å². The molecule has 0 aliphatic carbocycles. The molecule has 4 heterocycles. The van der Waals surface area contributed by atoms with E-state index in [1.165, 1.54) is 6.20 Å². The van der Waals surface area contributed by atoms with Crippen LogP contribution in [0.25, 0.3) is 0 Å². The predicted octanol–water partition coefficient (Wildman–Crippen LogP) is 5.87. The molecule has 1 atom stereocenters. The zero-order chi connectivity index (χ0) is 29.8. The van der Waals surface area contributed by atoms with Gasteiger partial charge in [-0.05, 0) is 72.7 Å². The molecule has 1 saturated heterocycles. The Morgan fingerprint density at radius 2 is 1.91 bits per heavy atom. The molecule has 2 aliphatic rings. The van der Waals surface area contributed by atoms with Crippen molar-refractivity contribution in [3.05, 3.63) is 88.8 Å². The largest absolute Gasteiger partial charge is 0.339 e. The Bertz CT molecular complexity index is 1740.